The number of carbonyl (C=O) groups excluding carboxylic acids is 2. The summed E-state index contributed by atoms with van der Waals surface area (Å²) >= 11 is 0. The summed E-state index contributed by atoms with van der Waals surface area (Å²) < 4.78 is 5.01. The van der Waals surface area contributed by atoms with Gasteiger partial charge in [-0.3, -0.25) is 9.59 Å². The number of carbonyl (C=O) groups is 2. The Kier molecular flexibility index (Phi) is 8.81. The van der Waals surface area contributed by atoms with Crippen LogP contribution in [0.5, 0.6) is 0 Å². The number of rotatable bonds is 9. The van der Waals surface area contributed by atoms with Crippen LogP contribution in [0, 0.1) is 6.92 Å². The normalized spacial score (nSPS) is 10.3. The zero-order chi connectivity index (χ0) is 17.9. The van der Waals surface area contributed by atoms with Crippen molar-refractivity contribution in [1.82, 2.24) is 5.32 Å². The van der Waals surface area contributed by atoms with E-state index in [9.17, 15) is 9.59 Å². The molecular weight excluding hydrogens is 310 g/mol. The standard InChI is InChI=1S/C17H27N3O4/c1-4-20(5-2)14-6-7-15(13(3)12-14)19-17(23)16(22)18-8-10-24-11-9-21/h6-7,12,21H,4-5,8-11H2,1-3H3,(H,18,22)(H,19,23). The Morgan fingerprint density at radius 3 is 2.46 bits per heavy atom. The topological polar surface area (TPSA) is 90.9 Å². The van der Waals surface area contributed by atoms with E-state index in [0.29, 0.717) is 5.69 Å². The third kappa shape index (κ3) is 6.17. The Morgan fingerprint density at radius 2 is 1.88 bits per heavy atom. The zero-order valence-corrected chi connectivity index (χ0v) is 14.6. The molecule has 2 amide bonds. The number of benzene rings is 1. The molecule has 0 saturated carbocycles. The molecule has 24 heavy (non-hydrogen) atoms. The van der Waals surface area contributed by atoms with Crippen molar-refractivity contribution in [3.8, 4) is 0 Å². The van der Waals surface area contributed by atoms with Crippen LogP contribution in [-0.4, -0.2) is 56.4 Å². The highest BCUT2D eigenvalue weighted by molar-refractivity contribution is 6.39. The van der Waals surface area contributed by atoms with Gasteiger partial charge in [-0.25, -0.2) is 0 Å². The van der Waals surface area contributed by atoms with Gasteiger partial charge in [0.05, 0.1) is 19.8 Å². The molecule has 0 bridgehead atoms. The Hall–Kier alpha value is -2.12. The molecule has 0 fully saturated rings. The molecule has 0 aliphatic rings. The number of nitrogens with one attached hydrogen (secondary N) is 2. The van der Waals surface area contributed by atoms with Gasteiger partial charge in [0.25, 0.3) is 0 Å². The Labute approximate surface area is 143 Å². The van der Waals surface area contributed by atoms with Gasteiger partial charge in [-0.15, -0.1) is 0 Å². The summed E-state index contributed by atoms with van der Waals surface area (Å²) in [6.07, 6.45) is 0. The fourth-order valence-corrected chi connectivity index (χ4v) is 2.24. The summed E-state index contributed by atoms with van der Waals surface area (Å²) in [6.45, 7) is 8.47. The van der Waals surface area contributed by atoms with Crippen LogP contribution in [0.2, 0.25) is 0 Å². The van der Waals surface area contributed by atoms with E-state index in [2.05, 4.69) is 29.4 Å². The predicted octanol–water partition coefficient (Wildman–Crippen LogP) is 0.905. The second-order valence-electron chi connectivity index (χ2n) is 5.22. The van der Waals surface area contributed by atoms with Crippen LogP contribution in [0.25, 0.3) is 0 Å². The van der Waals surface area contributed by atoms with Gasteiger partial charge in [0, 0.05) is 31.0 Å². The smallest absolute Gasteiger partial charge is 0.313 e. The molecule has 7 nitrogen and oxygen atoms in total. The van der Waals surface area contributed by atoms with Crippen LogP contribution < -0.4 is 15.5 Å². The monoisotopic (exact) mass is 337 g/mol. The average molecular weight is 337 g/mol. The maximum absolute atomic E-state index is 11.9. The molecule has 0 atom stereocenters. The van der Waals surface area contributed by atoms with E-state index in [1.807, 2.05) is 19.1 Å². The molecule has 1 rings (SSSR count). The summed E-state index contributed by atoms with van der Waals surface area (Å²) in [5.41, 5.74) is 2.59. The predicted molar refractivity (Wildman–Crippen MR) is 94.3 cm³/mol. The van der Waals surface area contributed by atoms with Crippen LogP contribution in [0.3, 0.4) is 0 Å². The van der Waals surface area contributed by atoms with Crippen molar-refractivity contribution in [1.29, 1.82) is 0 Å². The van der Waals surface area contributed by atoms with Crippen molar-refractivity contribution in [2.75, 3.05) is 49.7 Å². The first-order valence-corrected chi connectivity index (χ1v) is 8.16. The maximum atomic E-state index is 11.9. The van der Waals surface area contributed by atoms with E-state index in [-0.39, 0.29) is 26.4 Å². The minimum Gasteiger partial charge on any atom is -0.394 e. The molecule has 0 saturated heterocycles. The van der Waals surface area contributed by atoms with Crippen LogP contribution in [-0.2, 0) is 14.3 Å². The van der Waals surface area contributed by atoms with Gasteiger partial charge in [0.1, 0.15) is 0 Å². The van der Waals surface area contributed by atoms with Crippen molar-refractivity contribution < 1.29 is 19.4 Å². The van der Waals surface area contributed by atoms with Crippen molar-refractivity contribution in [3.05, 3.63) is 23.8 Å². The molecule has 1 aromatic carbocycles. The third-order valence-corrected chi connectivity index (χ3v) is 3.56. The largest absolute Gasteiger partial charge is 0.394 e. The summed E-state index contributed by atoms with van der Waals surface area (Å²) in [5.74, 6) is -1.43. The molecule has 0 aliphatic heterocycles. The summed E-state index contributed by atoms with van der Waals surface area (Å²) in [6, 6.07) is 5.72. The molecule has 1 aromatic rings. The lowest BCUT2D eigenvalue weighted by Crippen LogP contribution is -2.37. The van der Waals surface area contributed by atoms with Crippen molar-refractivity contribution in [2.24, 2.45) is 0 Å². The molecule has 0 heterocycles. The number of aryl methyl sites for hydroxylation is 1. The first-order valence-electron chi connectivity index (χ1n) is 8.16. The fourth-order valence-electron chi connectivity index (χ4n) is 2.24. The van der Waals surface area contributed by atoms with Gasteiger partial charge in [0.2, 0.25) is 0 Å². The molecule has 0 radical (unpaired) electrons. The molecule has 0 spiro atoms. The Balaban J connectivity index is 2.56. The summed E-state index contributed by atoms with van der Waals surface area (Å²) in [4.78, 5) is 25.8. The van der Waals surface area contributed by atoms with Crippen molar-refractivity contribution >= 4 is 23.2 Å². The second-order valence-corrected chi connectivity index (χ2v) is 5.22. The number of amides is 2. The highest BCUT2D eigenvalue weighted by Gasteiger charge is 2.14. The third-order valence-electron chi connectivity index (χ3n) is 3.56. The molecule has 3 N–H and O–H groups in total. The van der Waals surface area contributed by atoms with E-state index in [1.165, 1.54) is 0 Å². The number of nitrogens with zero attached hydrogens (tertiary/aromatic N) is 1. The van der Waals surface area contributed by atoms with Crippen LogP contribution in [0.15, 0.2) is 18.2 Å². The number of hydrogen-bond acceptors (Lipinski definition) is 5. The van der Waals surface area contributed by atoms with Crippen molar-refractivity contribution in [2.45, 2.75) is 20.8 Å². The minimum absolute atomic E-state index is 0.0722. The first-order chi connectivity index (χ1) is 11.5. The lowest BCUT2D eigenvalue weighted by atomic mass is 10.1. The van der Waals surface area contributed by atoms with E-state index in [1.54, 1.807) is 6.07 Å². The summed E-state index contributed by atoms with van der Waals surface area (Å²) in [7, 11) is 0. The van der Waals surface area contributed by atoms with Gasteiger partial charge in [-0.05, 0) is 44.5 Å². The van der Waals surface area contributed by atoms with Crippen molar-refractivity contribution in [3.63, 3.8) is 0 Å². The van der Waals surface area contributed by atoms with E-state index in [4.69, 9.17) is 9.84 Å². The second kappa shape index (κ2) is 10.6. The lowest BCUT2D eigenvalue weighted by molar-refractivity contribution is -0.136. The van der Waals surface area contributed by atoms with Crippen LogP contribution in [0.1, 0.15) is 19.4 Å². The SMILES string of the molecule is CCN(CC)c1ccc(NC(=O)C(=O)NCCOCCO)c(C)c1. The number of aliphatic hydroxyl groups excluding tert-OH is 1. The van der Waals surface area contributed by atoms with Gasteiger partial charge in [-0.1, -0.05) is 0 Å². The molecular formula is C17H27N3O4. The minimum atomic E-state index is -0.713. The molecule has 7 heteroatoms. The van der Waals surface area contributed by atoms with Gasteiger partial charge in [0.15, 0.2) is 0 Å². The lowest BCUT2D eigenvalue weighted by Gasteiger charge is -2.22. The van der Waals surface area contributed by atoms with E-state index < -0.39 is 11.8 Å². The van der Waals surface area contributed by atoms with Gasteiger partial charge < -0.3 is 25.4 Å². The molecule has 0 aliphatic carbocycles. The Bertz CT molecular complexity index is 545. The Morgan fingerprint density at radius 1 is 1.17 bits per heavy atom. The van der Waals surface area contributed by atoms with Crippen LogP contribution >= 0.6 is 0 Å². The van der Waals surface area contributed by atoms with E-state index >= 15 is 0 Å². The average Bonchev–Trinajstić information content (AvgIpc) is 2.57. The number of hydrogen-bond donors (Lipinski definition) is 3. The fraction of sp³-hybridized carbons (Fsp3) is 0.529. The molecule has 0 unspecified atom stereocenters. The molecule has 0 aromatic heterocycles. The maximum Gasteiger partial charge on any atom is 0.313 e. The number of ether oxygens (including phenoxy) is 1. The van der Waals surface area contributed by atoms with Gasteiger partial charge >= 0.3 is 11.8 Å². The number of aliphatic hydroxyl groups is 1. The quantitative estimate of drug-likeness (QED) is 0.460. The molecule has 134 valence electrons. The zero-order valence-electron chi connectivity index (χ0n) is 14.6. The number of anilines is 2. The van der Waals surface area contributed by atoms with E-state index in [0.717, 1.165) is 24.3 Å². The first kappa shape index (κ1) is 19.9. The van der Waals surface area contributed by atoms with Crippen LogP contribution in [0.4, 0.5) is 11.4 Å². The summed E-state index contributed by atoms with van der Waals surface area (Å²) in [5, 5.41) is 13.6. The highest BCUT2D eigenvalue weighted by atomic mass is 16.5. The van der Waals surface area contributed by atoms with Gasteiger partial charge in [-0.2, -0.15) is 0 Å². The highest BCUT2D eigenvalue weighted by Crippen LogP contribution is 2.22.